The fourth-order valence-electron chi connectivity index (χ4n) is 9.34. The molecular weight excluding hydrogens is 1150 g/mol. The molecule has 0 heterocycles. The van der Waals surface area contributed by atoms with Crippen LogP contribution in [0.25, 0.3) is 0 Å². The molecular formula is C84H134NO8+. The number of esters is 2. The first-order chi connectivity index (χ1) is 45.6. The second-order valence-electron chi connectivity index (χ2n) is 24.8. The highest BCUT2D eigenvalue weighted by Gasteiger charge is 2.25. The molecule has 0 saturated carbocycles. The van der Waals surface area contributed by atoms with Crippen LogP contribution < -0.4 is 0 Å². The lowest BCUT2D eigenvalue weighted by molar-refractivity contribution is -0.870. The number of allylic oxidation sites excluding steroid dienone is 32. The highest BCUT2D eigenvalue weighted by Crippen LogP contribution is 2.15. The normalized spacial score (nSPS) is 13.9. The first-order valence-electron chi connectivity index (χ1n) is 36.6. The van der Waals surface area contributed by atoms with Gasteiger partial charge in [-0.25, -0.2) is 4.79 Å². The van der Waals surface area contributed by atoms with E-state index in [-0.39, 0.29) is 38.6 Å². The molecule has 522 valence electrons. The second-order valence-corrected chi connectivity index (χ2v) is 24.8. The summed E-state index contributed by atoms with van der Waals surface area (Å²) < 4.78 is 23.0. The number of hydrogen-bond acceptors (Lipinski definition) is 7. The molecule has 0 aliphatic carbocycles. The number of ether oxygens (including phenoxy) is 4. The molecule has 9 heteroatoms. The Kier molecular flexibility index (Phi) is 67.4. The minimum atomic E-state index is -1.53. The van der Waals surface area contributed by atoms with Crippen LogP contribution in [0.2, 0.25) is 0 Å². The van der Waals surface area contributed by atoms with Gasteiger partial charge in [-0.05, 0) is 141 Å². The van der Waals surface area contributed by atoms with E-state index in [2.05, 4.69) is 208 Å². The lowest BCUT2D eigenvalue weighted by Gasteiger charge is -2.25. The molecule has 0 rings (SSSR count). The molecule has 0 bridgehead atoms. The molecule has 0 aromatic carbocycles. The molecule has 0 radical (unpaired) electrons. The summed E-state index contributed by atoms with van der Waals surface area (Å²) in [6.07, 6.45) is 108. The van der Waals surface area contributed by atoms with Gasteiger partial charge in [0.25, 0.3) is 6.29 Å². The number of likely N-dealkylation sites (N-methyl/N-ethyl adjacent to an activating group) is 1. The standard InChI is InChI=1S/C84H133NO8/c1-6-8-10-12-14-16-18-20-22-24-26-28-30-32-34-36-37-38-39-40-41-42-43-44-45-47-49-51-53-55-57-59-61-63-65-67-69-71-73-75-82(87)93-80(79-92-84(83(88)89)90-77-76-85(3,4)5)78-91-81(86)74-72-70-68-66-64-62-60-58-56-54-52-50-48-46-35-33-31-29-27-25-23-21-19-17-15-13-11-9-7-2/h8-11,14-17,20-23,26-29,32-35,37-38,40-41,43-44,47-50,53,55,80,84H,6-7,12-13,18-19,24-25,30-31,36,39,42,45-46,51-52,54,56-79H2,1-5H3/p+1/b10-8-,11-9-,16-14-,17-15-,22-20-,23-21-,28-26-,29-27-,34-32-,35-33-,38-37-,41-40-,44-43-,49-47-,50-48-,55-53-. The third-order valence-electron chi connectivity index (χ3n) is 14.8. The lowest BCUT2D eigenvalue weighted by atomic mass is 10.1. The lowest BCUT2D eigenvalue weighted by Crippen LogP contribution is -2.40. The van der Waals surface area contributed by atoms with Crippen LogP contribution >= 0.6 is 0 Å². The third kappa shape index (κ3) is 73.4. The van der Waals surface area contributed by atoms with Gasteiger partial charge in [-0.1, -0.05) is 298 Å². The van der Waals surface area contributed by atoms with E-state index in [1.165, 1.54) is 64.2 Å². The molecule has 0 aliphatic heterocycles. The van der Waals surface area contributed by atoms with Crippen molar-refractivity contribution in [3.05, 3.63) is 194 Å². The number of carbonyl (C=O) groups is 3. The quantitative estimate of drug-likeness (QED) is 0.0211. The minimum absolute atomic E-state index is 0.175. The van der Waals surface area contributed by atoms with Gasteiger partial charge in [0.05, 0.1) is 34.4 Å². The van der Waals surface area contributed by atoms with Crippen LogP contribution in [0.1, 0.15) is 258 Å². The highest BCUT2D eigenvalue weighted by atomic mass is 16.7. The monoisotopic (exact) mass is 1290 g/mol. The zero-order valence-corrected chi connectivity index (χ0v) is 59.6. The van der Waals surface area contributed by atoms with Crippen LogP contribution in [0.4, 0.5) is 0 Å². The zero-order chi connectivity index (χ0) is 67.5. The van der Waals surface area contributed by atoms with Crippen molar-refractivity contribution in [2.24, 2.45) is 0 Å². The molecule has 0 aromatic heterocycles. The second kappa shape index (κ2) is 72.0. The van der Waals surface area contributed by atoms with Crippen LogP contribution in [0, 0.1) is 0 Å². The van der Waals surface area contributed by atoms with Gasteiger partial charge in [0, 0.05) is 12.8 Å². The van der Waals surface area contributed by atoms with Crippen LogP contribution in [0.15, 0.2) is 194 Å². The number of quaternary nitrogens is 1. The zero-order valence-electron chi connectivity index (χ0n) is 59.6. The van der Waals surface area contributed by atoms with Crippen LogP contribution in [0.3, 0.4) is 0 Å². The Hall–Kier alpha value is -5.87. The molecule has 0 fully saturated rings. The van der Waals surface area contributed by atoms with E-state index < -0.39 is 24.3 Å². The first kappa shape index (κ1) is 87.1. The summed E-state index contributed by atoms with van der Waals surface area (Å²) in [5.74, 6) is -2.04. The van der Waals surface area contributed by atoms with Gasteiger partial charge < -0.3 is 28.5 Å². The number of hydrogen-bond donors (Lipinski definition) is 1. The number of rotatable bonds is 65. The van der Waals surface area contributed by atoms with Gasteiger partial charge in [0.15, 0.2) is 6.10 Å². The number of nitrogens with zero attached hydrogens (tertiary/aromatic N) is 1. The van der Waals surface area contributed by atoms with E-state index in [0.717, 1.165) is 161 Å². The number of unbranched alkanes of at least 4 members (excludes halogenated alkanes) is 18. The summed E-state index contributed by atoms with van der Waals surface area (Å²) in [7, 11) is 5.96. The van der Waals surface area contributed by atoms with E-state index in [1.807, 2.05) is 21.1 Å². The van der Waals surface area contributed by atoms with Crippen molar-refractivity contribution in [3.8, 4) is 0 Å². The Bertz CT molecular complexity index is 2230. The average Bonchev–Trinajstić information content (AvgIpc) is 3.38. The summed E-state index contributed by atoms with van der Waals surface area (Å²) in [6.45, 7) is 4.62. The van der Waals surface area contributed by atoms with E-state index in [0.29, 0.717) is 17.4 Å². The molecule has 1 N–H and O–H groups in total. The van der Waals surface area contributed by atoms with E-state index in [1.54, 1.807) is 0 Å². The Balaban J connectivity index is 4.20. The van der Waals surface area contributed by atoms with E-state index in [9.17, 15) is 19.5 Å². The maximum absolute atomic E-state index is 13.0. The van der Waals surface area contributed by atoms with Crippen molar-refractivity contribution < 1.29 is 42.9 Å². The SMILES string of the molecule is CC/C=C\C/C=C\C/C=C\C/C=C\C/C=C\C/C=C\C/C=C\C/C=C\C/C=C\C/C=C\CCCCCCCCCCC(=O)OC(COC(=O)CCCCCCCCCCCC/C=C\C/C=C\C/C=C\C/C=C\C/C=C\C/C=C\CC)COC(OCC[N+](C)(C)C)C(=O)O. The van der Waals surface area contributed by atoms with Gasteiger partial charge in [-0.2, -0.15) is 0 Å². The van der Waals surface area contributed by atoms with Crippen molar-refractivity contribution >= 4 is 17.9 Å². The van der Waals surface area contributed by atoms with Gasteiger partial charge in [0.2, 0.25) is 0 Å². The number of carboxylic acid groups (broad SMARTS) is 1. The van der Waals surface area contributed by atoms with Gasteiger partial charge in [-0.3, -0.25) is 9.59 Å². The molecule has 0 aromatic rings. The molecule has 2 atom stereocenters. The van der Waals surface area contributed by atoms with Crippen LogP contribution in [-0.2, 0) is 33.3 Å². The number of carboxylic acids is 1. The Morgan fingerprint density at radius 3 is 0.860 bits per heavy atom. The summed E-state index contributed by atoms with van der Waals surface area (Å²) in [5.41, 5.74) is 0. The summed E-state index contributed by atoms with van der Waals surface area (Å²) in [6, 6.07) is 0. The van der Waals surface area contributed by atoms with Crippen LogP contribution in [0.5, 0.6) is 0 Å². The minimum Gasteiger partial charge on any atom is -0.477 e. The van der Waals surface area contributed by atoms with Crippen molar-refractivity contribution in [2.45, 2.75) is 270 Å². The topological polar surface area (TPSA) is 108 Å². The van der Waals surface area contributed by atoms with Crippen LogP contribution in [-0.4, -0.2) is 87.4 Å². The van der Waals surface area contributed by atoms with E-state index >= 15 is 0 Å². The Labute approximate surface area is 570 Å². The Morgan fingerprint density at radius 1 is 0.323 bits per heavy atom. The first-order valence-corrected chi connectivity index (χ1v) is 36.6. The van der Waals surface area contributed by atoms with Gasteiger partial charge in [-0.15, -0.1) is 0 Å². The molecule has 93 heavy (non-hydrogen) atoms. The molecule has 9 nitrogen and oxygen atoms in total. The highest BCUT2D eigenvalue weighted by molar-refractivity contribution is 5.71. The van der Waals surface area contributed by atoms with Gasteiger partial charge in [0.1, 0.15) is 13.2 Å². The molecule has 0 amide bonds. The van der Waals surface area contributed by atoms with Crippen molar-refractivity contribution in [1.82, 2.24) is 0 Å². The molecule has 2 unspecified atom stereocenters. The predicted molar refractivity (Wildman–Crippen MR) is 400 cm³/mol. The maximum atomic E-state index is 13.0. The fourth-order valence-corrected chi connectivity index (χ4v) is 9.34. The van der Waals surface area contributed by atoms with Crippen molar-refractivity contribution in [3.63, 3.8) is 0 Å². The Morgan fingerprint density at radius 2 is 0.581 bits per heavy atom. The molecule has 0 saturated heterocycles. The van der Waals surface area contributed by atoms with Crippen molar-refractivity contribution in [2.75, 3.05) is 47.5 Å². The molecule has 0 aliphatic rings. The fraction of sp³-hybridized carbons (Fsp3) is 0.583. The van der Waals surface area contributed by atoms with Gasteiger partial charge >= 0.3 is 17.9 Å². The maximum Gasteiger partial charge on any atom is 0.361 e. The third-order valence-corrected chi connectivity index (χ3v) is 14.8. The average molecular weight is 1290 g/mol. The number of carbonyl (C=O) groups excluding carboxylic acids is 2. The molecule has 0 spiro atoms. The summed E-state index contributed by atoms with van der Waals surface area (Å²) in [4.78, 5) is 37.7. The summed E-state index contributed by atoms with van der Waals surface area (Å²) in [5, 5.41) is 9.76. The van der Waals surface area contributed by atoms with E-state index in [4.69, 9.17) is 18.9 Å². The summed E-state index contributed by atoms with van der Waals surface area (Å²) >= 11 is 0. The number of aliphatic carboxylic acids is 1. The van der Waals surface area contributed by atoms with Crippen molar-refractivity contribution in [1.29, 1.82) is 0 Å². The predicted octanol–water partition coefficient (Wildman–Crippen LogP) is 23.4. The smallest absolute Gasteiger partial charge is 0.361 e. The largest absolute Gasteiger partial charge is 0.477 e.